The van der Waals surface area contributed by atoms with Gasteiger partial charge in [-0.3, -0.25) is 0 Å². The van der Waals surface area contributed by atoms with Gasteiger partial charge in [-0.1, -0.05) is 105 Å². The van der Waals surface area contributed by atoms with E-state index < -0.39 is 0 Å². The lowest BCUT2D eigenvalue weighted by Crippen LogP contribution is -2.62. The summed E-state index contributed by atoms with van der Waals surface area (Å²) in [5, 5.41) is 6.41. The maximum atomic E-state index is 7.16. The van der Waals surface area contributed by atoms with Crippen LogP contribution in [0.1, 0.15) is 103 Å². The van der Waals surface area contributed by atoms with Crippen molar-refractivity contribution in [3.8, 4) is 11.1 Å². The minimum atomic E-state index is -0.139. The summed E-state index contributed by atoms with van der Waals surface area (Å²) in [5.41, 5.74) is 19.3. The van der Waals surface area contributed by atoms with Gasteiger partial charge in [0, 0.05) is 50.0 Å². The Morgan fingerprint density at radius 1 is 0.673 bits per heavy atom. The van der Waals surface area contributed by atoms with Crippen molar-refractivity contribution in [2.45, 2.75) is 96.8 Å². The Balaban J connectivity index is 1.33. The number of rotatable bonds is 0. The monoisotopic (exact) mass is 640 g/mol. The number of benzene rings is 5. The summed E-state index contributed by atoms with van der Waals surface area (Å²) in [6, 6.07) is 30.4. The molecule has 0 radical (unpaired) electrons. The molecule has 0 saturated carbocycles. The molecule has 0 fully saturated rings. The van der Waals surface area contributed by atoms with E-state index >= 15 is 0 Å². The van der Waals surface area contributed by atoms with Crippen LogP contribution in [0.15, 0.2) is 83.3 Å². The zero-order valence-electron chi connectivity index (χ0n) is 30.4. The van der Waals surface area contributed by atoms with E-state index in [1.54, 1.807) is 0 Å². The average molecular weight is 641 g/mol. The van der Waals surface area contributed by atoms with Gasteiger partial charge in [0.05, 0.1) is 0 Å². The number of hydrogen-bond donors (Lipinski definition) is 1. The maximum absolute atomic E-state index is 7.16. The fourth-order valence-electron chi connectivity index (χ4n) is 9.83. The Kier molecular flexibility index (Phi) is 5.42. The van der Waals surface area contributed by atoms with Crippen LogP contribution in [0.4, 0.5) is 22.7 Å². The van der Waals surface area contributed by atoms with Crippen molar-refractivity contribution in [2.24, 2.45) is 0 Å². The smallest absolute Gasteiger partial charge is 0.336 e. The van der Waals surface area contributed by atoms with Crippen molar-refractivity contribution < 1.29 is 4.42 Å². The standard InChI is InChI=1S/C45H45BN2O/c1-42(2,3)25-21-29-26-13-12-15-31-40(26)48(36-16-11-10-14-30(36)45(31,8)9)46-38(29)35(22-25)47-34-18-17-27-28-23-32-33(24-37(28)49-41(27)39(34)46)44(6,7)20-19-43(32,4)5/h10-18,21-24,47H,19-20H2,1-9H3. The third-order valence-corrected chi connectivity index (χ3v) is 12.8. The summed E-state index contributed by atoms with van der Waals surface area (Å²) in [5.74, 6) is 0. The highest BCUT2D eigenvalue weighted by molar-refractivity contribution is 6.95. The molecule has 6 aromatic rings. The Bertz CT molecular complexity index is 2450. The number of furan rings is 1. The first kappa shape index (κ1) is 29.5. The first-order valence-corrected chi connectivity index (χ1v) is 18.2. The second-order valence-corrected chi connectivity index (χ2v) is 18.1. The summed E-state index contributed by atoms with van der Waals surface area (Å²) in [6.07, 6.45) is 2.38. The van der Waals surface area contributed by atoms with Crippen LogP contribution in [-0.2, 0) is 21.7 Å². The molecule has 1 aromatic heterocycles. The van der Waals surface area contributed by atoms with Gasteiger partial charge in [0.15, 0.2) is 0 Å². The van der Waals surface area contributed by atoms with Gasteiger partial charge in [-0.2, -0.15) is 0 Å². The van der Waals surface area contributed by atoms with Crippen molar-refractivity contribution in [3.63, 3.8) is 0 Å². The van der Waals surface area contributed by atoms with Crippen molar-refractivity contribution >= 4 is 62.5 Å². The van der Waals surface area contributed by atoms with Crippen LogP contribution in [0.25, 0.3) is 33.1 Å². The van der Waals surface area contributed by atoms with Crippen LogP contribution >= 0.6 is 0 Å². The Labute approximate surface area is 290 Å². The summed E-state index contributed by atoms with van der Waals surface area (Å²) in [7, 11) is 0. The van der Waals surface area contributed by atoms with E-state index in [-0.39, 0.29) is 28.5 Å². The van der Waals surface area contributed by atoms with Crippen LogP contribution in [-0.4, -0.2) is 6.85 Å². The number of nitrogens with one attached hydrogen (secondary N) is 1. The molecule has 0 unspecified atom stereocenters. The third-order valence-electron chi connectivity index (χ3n) is 12.8. The molecule has 0 atom stereocenters. The largest absolute Gasteiger partial charge is 0.456 e. The van der Waals surface area contributed by atoms with E-state index in [2.05, 4.69) is 151 Å². The maximum Gasteiger partial charge on any atom is 0.336 e. The second kappa shape index (κ2) is 9.02. The van der Waals surface area contributed by atoms with Crippen LogP contribution in [0, 0.1) is 0 Å². The lowest BCUT2D eigenvalue weighted by molar-refractivity contribution is 0.332. The summed E-state index contributed by atoms with van der Waals surface area (Å²) in [6.45, 7) is 21.3. The minimum absolute atomic E-state index is 0.00415. The molecular formula is C45H45BN2O. The minimum Gasteiger partial charge on any atom is -0.456 e. The molecule has 1 N–H and O–H groups in total. The predicted octanol–water partition coefficient (Wildman–Crippen LogP) is 10.9. The second-order valence-electron chi connectivity index (χ2n) is 18.1. The van der Waals surface area contributed by atoms with Gasteiger partial charge in [-0.05, 0) is 104 Å². The molecule has 1 aliphatic carbocycles. The first-order chi connectivity index (χ1) is 23.2. The molecule has 10 rings (SSSR count). The van der Waals surface area contributed by atoms with E-state index in [9.17, 15) is 0 Å². The molecule has 244 valence electrons. The Morgan fingerprint density at radius 3 is 2.14 bits per heavy atom. The molecule has 49 heavy (non-hydrogen) atoms. The predicted molar refractivity (Wildman–Crippen MR) is 209 cm³/mol. The van der Waals surface area contributed by atoms with Gasteiger partial charge in [0.25, 0.3) is 0 Å². The van der Waals surface area contributed by atoms with Gasteiger partial charge in [-0.25, -0.2) is 0 Å². The van der Waals surface area contributed by atoms with Gasteiger partial charge >= 0.3 is 6.85 Å². The first-order valence-electron chi connectivity index (χ1n) is 18.2. The van der Waals surface area contributed by atoms with Crippen molar-refractivity contribution in [3.05, 3.63) is 107 Å². The van der Waals surface area contributed by atoms with Crippen molar-refractivity contribution in [1.82, 2.24) is 0 Å². The van der Waals surface area contributed by atoms with Crippen molar-refractivity contribution in [1.29, 1.82) is 0 Å². The lowest BCUT2D eigenvalue weighted by Gasteiger charge is -2.50. The number of nitrogens with zero attached hydrogens (tertiary/aromatic N) is 1. The quantitative estimate of drug-likeness (QED) is 0.168. The van der Waals surface area contributed by atoms with Crippen LogP contribution in [0.3, 0.4) is 0 Å². The molecule has 0 spiro atoms. The number of anilines is 4. The topological polar surface area (TPSA) is 28.4 Å². The molecule has 0 amide bonds. The van der Waals surface area contributed by atoms with Crippen LogP contribution in [0.5, 0.6) is 0 Å². The summed E-state index contributed by atoms with van der Waals surface area (Å²) in [4.78, 5) is 2.66. The van der Waals surface area contributed by atoms with Gasteiger partial charge in [0.2, 0.25) is 0 Å². The highest BCUT2D eigenvalue weighted by atomic mass is 16.3. The Morgan fingerprint density at radius 2 is 1.39 bits per heavy atom. The molecule has 0 saturated heterocycles. The van der Waals surface area contributed by atoms with Gasteiger partial charge in [0.1, 0.15) is 11.2 Å². The van der Waals surface area contributed by atoms with E-state index in [0.29, 0.717) is 0 Å². The molecule has 3 aliphatic heterocycles. The fraction of sp³-hybridized carbons (Fsp3) is 0.333. The van der Waals surface area contributed by atoms with Crippen molar-refractivity contribution in [2.75, 3.05) is 10.1 Å². The average Bonchev–Trinajstić information content (AvgIpc) is 3.43. The number of hydrogen-bond acceptors (Lipinski definition) is 3. The summed E-state index contributed by atoms with van der Waals surface area (Å²) >= 11 is 0. The molecule has 4 aliphatic rings. The Hall–Kier alpha value is -4.44. The fourth-order valence-corrected chi connectivity index (χ4v) is 9.83. The van der Waals surface area contributed by atoms with Gasteiger partial charge in [-0.15, -0.1) is 0 Å². The number of para-hydroxylation sites is 2. The summed E-state index contributed by atoms with van der Waals surface area (Å²) < 4.78 is 7.16. The molecule has 5 aromatic carbocycles. The number of fused-ring (bicyclic) bond motifs is 11. The normalized spacial score (nSPS) is 18.7. The lowest BCUT2D eigenvalue weighted by atomic mass is 9.42. The molecule has 4 heterocycles. The third kappa shape index (κ3) is 3.70. The molecule has 3 nitrogen and oxygen atoms in total. The zero-order chi connectivity index (χ0) is 34.0. The molecule has 4 heteroatoms. The zero-order valence-corrected chi connectivity index (χ0v) is 30.4. The molecular weight excluding hydrogens is 595 g/mol. The highest BCUT2D eigenvalue weighted by Gasteiger charge is 2.50. The van der Waals surface area contributed by atoms with E-state index in [0.717, 1.165) is 16.9 Å². The van der Waals surface area contributed by atoms with E-state index in [1.807, 2.05) is 0 Å². The van der Waals surface area contributed by atoms with Crippen LogP contribution < -0.4 is 21.1 Å². The van der Waals surface area contributed by atoms with E-state index in [4.69, 9.17) is 4.42 Å². The van der Waals surface area contributed by atoms with Crippen LogP contribution in [0.2, 0.25) is 0 Å². The highest BCUT2D eigenvalue weighted by Crippen LogP contribution is 2.56. The van der Waals surface area contributed by atoms with E-state index in [1.165, 1.54) is 90.5 Å². The van der Waals surface area contributed by atoms with Gasteiger partial charge < -0.3 is 14.5 Å². The SMILES string of the molecule is CC(C)(C)c1cc2c3c(c1)-c1cccc4c1N(B3c1c(ccc3c1oc1cc5c(cc13)C(C)(C)CCC5(C)C)N2)c1ccccc1C4(C)C. The molecule has 0 bridgehead atoms.